The fourth-order valence-corrected chi connectivity index (χ4v) is 4.40. The van der Waals surface area contributed by atoms with Crippen molar-refractivity contribution in [3.05, 3.63) is 107 Å². The summed E-state index contributed by atoms with van der Waals surface area (Å²) in [5, 5.41) is 14.0. The number of aromatic nitrogens is 1. The molecule has 0 saturated carbocycles. The van der Waals surface area contributed by atoms with Gasteiger partial charge in [-0.2, -0.15) is 0 Å². The van der Waals surface area contributed by atoms with Crippen LogP contribution >= 0.6 is 0 Å². The van der Waals surface area contributed by atoms with Crippen LogP contribution in [-0.4, -0.2) is 32.5 Å². The normalized spacial score (nSPS) is 13.7. The van der Waals surface area contributed by atoms with Crippen molar-refractivity contribution in [2.45, 2.75) is 38.4 Å². The molecule has 0 aliphatic rings. The van der Waals surface area contributed by atoms with Crippen molar-refractivity contribution in [3.63, 3.8) is 0 Å². The van der Waals surface area contributed by atoms with Gasteiger partial charge in [-0.15, -0.1) is 0 Å². The number of H-pyrrole nitrogens is 1. The predicted octanol–water partition coefficient (Wildman–Crippen LogP) is 5.80. The van der Waals surface area contributed by atoms with E-state index >= 15 is 0 Å². The third-order valence-corrected chi connectivity index (χ3v) is 6.52. The molecule has 3 aromatic carbocycles. The SMILES string of the molecule is C[C@H](NC(=O)[C@@](C)(Cc1c[nH]c2ccccc12)N(Cc1ccc(F)cc1F)C(=O)O)c1ccccc1. The highest BCUT2D eigenvalue weighted by atomic mass is 19.1. The number of carboxylic acid groups (broad SMARTS) is 1. The second-order valence-electron chi connectivity index (χ2n) is 9.02. The largest absolute Gasteiger partial charge is 0.465 e. The van der Waals surface area contributed by atoms with Crippen LogP contribution in [0.3, 0.4) is 0 Å². The number of rotatable bonds is 8. The fourth-order valence-electron chi connectivity index (χ4n) is 4.40. The maximum absolute atomic E-state index is 14.5. The Balaban J connectivity index is 1.74. The van der Waals surface area contributed by atoms with Crippen molar-refractivity contribution in [2.75, 3.05) is 0 Å². The van der Waals surface area contributed by atoms with Crippen molar-refractivity contribution in [2.24, 2.45) is 0 Å². The molecule has 0 aliphatic carbocycles. The smallest absolute Gasteiger partial charge is 0.408 e. The highest BCUT2D eigenvalue weighted by Crippen LogP contribution is 2.30. The number of fused-ring (bicyclic) bond motifs is 1. The van der Waals surface area contributed by atoms with Gasteiger partial charge in [0.15, 0.2) is 0 Å². The number of amides is 2. The molecule has 4 aromatic rings. The van der Waals surface area contributed by atoms with Gasteiger partial charge in [0, 0.05) is 35.2 Å². The summed E-state index contributed by atoms with van der Waals surface area (Å²) in [7, 11) is 0. The van der Waals surface area contributed by atoms with Crippen molar-refractivity contribution < 1.29 is 23.5 Å². The number of halogens is 2. The van der Waals surface area contributed by atoms with Crippen molar-refractivity contribution >= 4 is 22.9 Å². The first-order chi connectivity index (χ1) is 17.2. The zero-order chi connectivity index (χ0) is 25.9. The molecule has 0 unspecified atom stereocenters. The number of carbonyl (C=O) groups is 2. The van der Waals surface area contributed by atoms with E-state index in [9.17, 15) is 23.5 Å². The van der Waals surface area contributed by atoms with Crippen LogP contribution in [0.5, 0.6) is 0 Å². The van der Waals surface area contributed by atoms with Crippen molar-refractivity contribution in [1.29, 1.82) is 0 Å². The molecular weight excluding hydrogens is 464 g/mol. The molecule has 4 rings (SSSR count). The minimum atomic E-state index is -1.62. The van der Waals surface area contributed by atoms with Crippen LogP contribution < -0.4 is 5.32 Å². The number of benzene rings is 3. The first-order valence-corrected chi connectivity index (χ1v) is 11.5. The molecule has 2 atom stereocenters. The van der Waals surface area contributed by atoms with Gasteiger partial charge in [0.05, 0.1) is 12.6 Å². The highest BCUT2D eigenvalue weighted by molar-refractivity contribution is 5.91. The minimum Gasteiger partial charge on any atom is -0.465 e. The monoisotopic (exact) mass is 491 g/mol. The molecular formula is C28H27F2N3O3. The summed E-state index contributed by atoms with van der Waals surface area (Å²) >= 11 is 0. The number of nitrogens with zero attached hydrogens (tertiary/aromatic N) is 1. The van der Waals surface area contributed by atoms with Gasteiger partial charge in [0.2, 0.25) is 5.91 Å². The molecule has 1 heterocycles. The quantitative estimate of drug-likeness (QED) is 0.291. The van der Waals surface area contributed by atoms with Gasteiger partial charge >= 0.3 is 6.09 Å². The number of carbonyl (C=O) groups excluding carboxylic acids is 1. The van der Waals surface area contributed by atoms with E-state index in [0.717, 1.165) is 33.0 Å². The zero-order valence-corrected chi connectivity index (χ0v) is 20.0. The molecule has 186 valence electrons. The lowest BCUT2D eigenvalue weighted by molar-refractivity contribution is -0.132. The second-order valence-corrected chi connectivity index (χ2v) is 9.02. The van der Waals surface area contributed by atoms with Gasteiger partial charge in [-0.1, -0.05) is 54.6 Å². The molecule has 2 amide bonds. The molecule has 0 fully saturated rings. The maximum atomic E-state index is 14.5. The summed E-state index contributed by atoms with van der Waals surface area (Å²) in [6.07, 6.45) is 0.373. The van der Waals surface area contributed by atoms with Gasteiger partial charge in [-0.3, -0.25) is 9.69 Å². The lowest BCUT2D eigenvalue weighted by Gasteiger charge is -2.39. The third kappa shape index (κ3) is 5.07. The maximum Gasteiger partial charge on any atom is 0.408 e. The second kappa shape index (κ2) is 10.2. The first kappa shape index (κ1) is 24.9. The van der Waals surface area contributed by atoms with Gasteiger partial charge in [-0.25, -0.2) is 13.6 Å². The van der Waals surface area contributed by atoms with Crippen LogP contribution in [0.1, 0.15) is 36.6 Å². The number of hydrogen-bond donors (Lipinski definition) is 3. The fraction of sp³-hybridized carbons (Fsp3) is 0.214. The number of para-hydroxylation sites is 1. The Morgan fingerprint density at radius 2 is 1.72 bits per heavy atom. The number of hydrogen-bond acceptors (Lipinski definition) is 2. The molecule has 0 spiro atoms. The summed E-state index contributed by atoms with van der Waals surface area (Å²) in [6.45, 7) is 2.90. The van der Waals surface area contributed by atoms with E-state index < -0.39 is 41.8 Å². The Kier molecular flexibility index (Phi) is 7.05. The number of aromatic amines is 1. The van der Waals surface area contributed by atoms with Crippen LogP contribution in [0, 0.1) is 11.6 Å². The molecule has 36 heavy (non-hydrogen) atoms. The standard InChI is InChI=1S/C28H27F2N3O3/c1-18(19-8-4-3-5-9-19)32-26(34)28(2,15-21-16-31-25-11-7-6-10-23(21)25)33(27(35)36)17-20-12-13-22(29)14-24(20)30/h3-14,16,18,31H,15,17H2,1-2H3,(H,32,34)(H,35,36)/t18-,28+/m0/s1. The minimum absolute atomic E-state index is 0.0273. The Morgan fingerprint density at radius 3 is 2.42 bits per heavy atom. The molecule has 0 radical (unpaired) electrons. The van der Waals surface area contributed by atoms with E-state index in [1.54, 1.807) is 6.20 Å². The van der Waals surface area contributed by atoms with Crippen LogP contribution in [0.4, 0.5) is 13.6 Å². The summed E-state index contributed by atoms with van der Waals surface area (Å²) in [5.74, 6) is -2.18. The Labute approximate surface area is 207 Å². The molecule has 1 aromatic heterocycles. The lowest BCUT2D eigenvalue weighted by atomic mass is 9.88. The third-order valence-electron chi connectivity index (χ3n) is 6.52. The van der Waals surface area contributed by atoms with E-state index in [4.69, 9.17) is 0 Å². The zero-order valence-electron chi connectivity index (χ0n) is 20.0. The lowest BCUT2D eigenvalue weighted by Crippen LogP contribution is -2.60. The van der Waals surface area contributed by atoms with Gasteiger partial charge < -0.3 is 15.4 Å². The average molecular weight is 492 g/mol. The summed E-state index contributed by atoms with van der Waals surface area (Å²) in [5.41, 5.74) is 0.779. The van der Waals surface area contributed by atoms with E-state index in [2.05, 4.69) is 10.3 Å². The van der Waals surface area contributed by atoms with Gasteiger partial charge in [0.1, 0.15) is 17.2 Å². The topological polar surface area (TPSA) is 85.4 Å². The van der Waals surface area contributed by atoms with Gasteiger partial charge in [-0.05, 0) is 37.1 Å². The van der Waals surface area contributed by atoms with Crippen molar-refractivity contribution in [3.8, 4) is 0 Å². The molecule has 3 N–H and O–H groups in total. The Hall–Kier alpha value is -4.20. The van der Waals surface area contributed by atoms with E-state index in [-0.39, 0.29) is 12.0 Å². The molecule has 0 bridgehead atoms. The van der Waals surface area contributed by atoms with E-state index in [1.165, 1.54) is 13.0 Å². The van der Waals surface area contributed by atoms with E-state index in [1.807, 2.05) is 61.5 Å². The molecule has 0 aliphatic heterocycles. The molecule has 8 heteroatoms. The van der Waals surface area contributed by atoms with Crippen LogP contribution in [0.2, 0.25) is 0 Å². The average Bonchev–Trinajstić information content (AvgIpc) is 3.26. The number of nitrogens with one attached hydrogen (secondary N) is 2. The molecule has 6 nitrogen and oxygen atoms in total. The summed E-state index contributed by atoms with van der Waals surface area (Å²) < 4.78 is 28.0. The van der Waals surface area contributed by atoms with Crippen LogP contribution in [0.25, 0.3) is 10.9 Å². The van der Waals surface area contributed by atoms with Crippen LogP contribution in [-0.2, 0) is 17.8 Å². The van der Waals surface area contributed by atoms with Crippen LogP contribution in [0.15, 0.2) is 79.0 Å². The predicted molar refractivity (Wildman–Crippen MR) is 133 cm³/mol. The van der Waals surface area contributed by atoms with Crippen molar-refractivity contribution in [1.82, 2.24) is 15.2 Å². The highest BCUT2D eigenvalue weighted by Gasteiger charge is 2.44. The Morgan fingerprint density at radius 1 is 1.03 bits per heavy atom. The molecule has 0 saturated heterocycles. The van der Waals surface area contributed by atoms with E-state index in [0.29, 0.717) is 6.07 Å². The van der Waals surface area contributed by atoms with Gasteiger partial charge in [0.25, 0.3) is 0 Å². The summed E-state index contributed by atoms with van der Waals surface area (Å²) in [6, 6.07) is 19.3. The summed E-state index contributed by atoms with van der Waals surface area (Å²) in [4.78, 5) is 30.4. The Bertz CT molecular complexity index is 1390. The first-order valence-electron chi connectivity index (χ1n) is 11.5.